The van der Waals surface area contributed by atoms with Crippen molar-refractivity contribution >= 4 is 17.5 Å². The molecule has 132 valence electrons. The molecule has 26 heavy (non-hydrogen) atoms. The quantitative estimate of drug-likeness (QED) is 0.729. The minimum Gasteiger partial charge on any atom is -0.350 e. The molecule has 1 aromatic heterocycles. The number of benzene rings is 2. The number of nitrogens with one attached hydrogen (secondary N) is 2. The smallest absolute Gasteiger partial charge is 0.258 e. The molecule has 0 unspecified atom stereocenters. The Hall–Kier alpha value is -3.42. The topological polar surface area (TPSA) is 66.9 Å². The third-order valence-corrected chi connectivity index (χ3v) is 3.48. The van der Waals surface area contributed by atoms with Gasteiger partial charge in [0.25, 0.3) is 5.91 Å². The van der Waals surface area contributed by atoms with Crippen molar-refractivity contribution < 1.29 is 18.0 Å². The maximum atomic E-state index is 13.6. The van der Waals surface area contributed by atoms with E-state index in [4.69, 9.17) is 0 Å². The van der Waals surface area contributed by atoms with Gasteiger partial charge in [-0.2, -0.15) is 0 Å². The fourth-order valence-corrected chi connectivity index (χ4v) is 2.12. The monoisotopic (exact) mass is 358 g/mol. The van der Waals surface area contributed by atoms with E-state index in [0.29, 0.717) is 6.54 Å². The standard InChI is InChI=1S/C18H13F3N4O/c19-13-6-4-11(5-7-13)8-22-18-23-9-12(10-24-18)17(26)25-16-14(20)2-1-3-15(16)21/h1-7,9-10H,8H2,(H,25,26)(H,22,23,24). The van der Waals surface area contributed by atoms with Crippen molar-refractivity contribution in [2.75, 3.05) is 10.6 Å². The summed E-state index contributed by atoms with van der Waals surface area (Å²) in [7, 11) is 0. The molecule has 1 heterocycles. The lowest BCUT2D eigenvalue weighted by atomic mass is 10.2. The number of anilines is 2. The molecular weight excluding hydrogens is 345 g/mol. The molecule has 5 nitrogen and oxygen atoms in total. The van der Waals surface area contributed by atoms with Crippen molar-refractivity contribution in [3.63, 3.8) is 0 Å². The van der Waals surface area contributed by atoms with Gasteiger partial charge < -0.3 is 10.6 Å². The third-order valence-electron chi connectivity index (χ3n) is 3.48. The number of nitrogens with zero attached hydrogens (tertiary/aromatic N) is 2. The summed E-state index contributed by atoms with van der Waals surface area (Å²) in [5.41, 5.74) is 0.336. The van der Waals surface area contributed by atoms with Gasteiger partial charge in [-0.05, 0) is 29.8 Å². The summed E-state index contributed by atoms with van der Waals surface area (Å²) in [6.45, 7) is 0.367. The highest BCUT2D eigenvalue weighted by atomic mass is 19.1. The fourth-order valence-electron chi connectivity index (χ4n) is 2.12. The highest BCUT2D eigenvalue weighted by Crippen LogP contribution is 2.18. The zero-order chi connectivity index (χ0) is 18.5. The van der Waals surface area contributed by atoms with E-state index in [-0.39, 0.29) is 17.3 Å². The van der Waals surface area contributed by atoms with Gasteiger partial charge in [-0.15, -0.1) is 0 Å². The zero-order valence-corrected chi connectivity index (χ0v) is 13.3. The zero-order valence-electron chi connectivity index (χ0n) is 13.3. The minimum atomic E-state index is -0.878. The van der Waals surface area contributed by atoms with Gasteiger partial charge in [-0.25, -0.2) is 23.1 Å². The summed E-state index contributed by atoms with van der Waals surface area (Å²) < 4.78 is 40.0. The average molecular weight is 358 g/mol. The van der Waals surface area contributed by atoms with Crippen LogP contribution in [0.4, 0.5) is 24.8 Å². The normalized spacial score (nSPS) is 10.4. The average Bonchev–Trinajstić information content (AvgIpc) is 2.65. The van der Waals surface area contributed by atoms with Crippen molar-refractivity contribution in [2.45, 2.75) is 6.54 Å². The molecule has 0 aliphatic carbocycles. The molecule has 0 aliphatic rings. The number of para-hydroxylation sites is 1. The van der Waals surface area contributed by atoms with E-state index in [0.717, 1.165) is 17.7 Å². The van der Waals surface area contributed by atoms with Crippen molar-refractivity contribution in [3.05, 3.63) is 83.4 Å². The Morgan fingerprint density at radius 2 is 1.54 bits per heavy atom. The second kappa shape index (κ2) is 7.64. The van der Waals surface area contributed by atoms with E-state index >= 15 is 0 Å². The van der Waals surface area contributed by atoms with Gasteiger partial charge in [-0.1, -0.05) is 18.2 Å². The molecule has 2 N–H and O–H groups in total. The lowest BCUT2D eigenvalue weighted by Crippen LogP contribution is -2.15. The Kier molecular flexibility index (Phi) is 5.12. The number of rotatable bonds is 5. The molecule has 8 heteroatoms. The maximum Gasteiger partial charge on any atom is 0.258 e. The van der Waals surface area contributed by atoms with Gasteiger partial charge in [0.05, 0.1) is 5.56 Å². The summed E-state index contributed by atoms with van der Waals surface area (Å²) in [4.78, 5) is 20.0. The van der Waals surface area contributed by atoms with Crippen LogP contribution in [0.3, 0.4) is 0 Å². The molecular formula is C18H13F3N4O. The predicted octanol–water partition coefficient (Wildman–Crippen LogP) is 3.76. The number of amides is 1. The van der Waals surface area contributed by atoms with Crippen LogP contribution in [0.15, 0.2) is 54.9 Å². The Morgan fingerprint density at radius 1 is 0.923 bits per heavy atom. The molecule has 0 bridgehead atoms. The number of aromatic nitrogens is 2. The van der Waals surface area contributed by atoms with Gasteiger partial charge in [-0.3, -0.25) is 4.79 Å². The van der Waals surface area contributed by atoms with Gasteiger partial charge in [0.15, 0.2) is 0 Å². The highest BCUT2D eigenvalue weighted by molar-refractivity contribution is 6.04. The SMILES string of the molecule is O=C(Nc1c(F)cccc1F)c1cnc(NCc2ccc(F)cc2)nc1. The number of halogens is 3. The Labute approximate surface area is 146 Å². The summed E-state index contributed by atoms with van der Waals surface area (Å²) in [5, 5.41) is 5.07. The van der Waals surface area contributed by atoms with E-state index in [1.54, 1.807) is 12.1 Å². The number of hydrogen-bond donors (Lipinski definition) is 2. The summed E-state index contributed by atoms with van der Waals surface area (Å²) in [6.07, 6.45) is 2.46. The van der Waals surface area contributed by atoms with Crippen LogP contribution < -0.4 is 10.6 Å². The van der Waals surface area contributed by atoms with Crippen LogP contribution in [0.5, 0.6) is 0 Å². The fraction of sp³-hybridized carbons (Fsp3) is 0.0556. The lowest BCUT2D eigenvalue weighted by molar-refractivity contribution is 0.102. The number of carbonyl (C=O) groups excluding carboxylic acids is 1. The van der Waals surface area contributed by atoms with Crippen molar-refractivity contribution in [3.8, 4) is 0 Å². The van der Waals surface area contributed by atoms with E-state index in [9.17, 15) is 18.0 Å². The number of carbonyl (C=O) groups is 1. The molecule has 2 aromatic carbocycles. The van der Waals surface area contributed by atoms with Crippen molar-refractivity contribution in [1.29, 1.82) is 0 Å². The molecule has 0 spiro atoms. The lowest BCUT2D eigenvalue weighted by Gasteiger charge is -2.08. The van der Waals surface area contributed by atoms with Crippen LogP contribution in [-0.4, -0.2) is 15.9 Å². The first-order chi connectivity index (χ1) is 12.5. The second-order valence-electron chi connectivity index (χ2n) is 5.33. The highest BCUT2D eigenvalue weighted by Gasteiger charge is 2.14. The largest absolute Gasteiger partial charge is 0.350 e. The van der Waals surface area contributed by atoms with E-state index in [1.807, 2.05) is 0 Å². The first-order valence-corrected chi connectivity index (χ1v) is 7.58. The molecule has 3 rings (SSSR count). The van der Waals surface area contributed by atoms with Gasteiger partial charge in [0.1, 0.15) is 23.1 Å². The van der Waals surface area contributed by atoms with E-state index in [1.165, 1.54) is 30.6 Å². The van der Waals surface area contributed by atoms with Crippen LogP contribution >= 0.6 is 0 Å². The molecule has 1 amide bonds. The minimum absolute atomic E-state index is 0.0417. The summed E-state index contributed by atoms with van der Waals surface area (Å²) >= 11 is 0. The molecule has 3 aromatic rings. The Morgan fingerprint density at radius 3 is 2.15 bits per heavy atom. The van der Waals surface area contributed by atoms with Crippen LogP contribution in [-0.2, 0) is 6.54 Å². The van der Waals surface area contributed by atoms with Crippen molar-refractivity contribution in [1.82, 2.24) is 9.97 Å². The molecule has 0 fully saturated rings. The van der Waals surface area contributed by atoms with E-state index < -0.39 is 23.2 Å². The van der Waals surface area contributed by atoms with Crippen LogP contribution in [0.25, 0.3) is 0 Å². The number of hydrogen-bond acceptors (Lipinski definition) is 4. The Balaban J connectivity index is 1.63. The van der Waals surface area contributed by atoms with Crippen LogP contribution in [0, 0.1) is 17.5 Å². The van der Waals surface area contributed by atoms with E-state index in [2.05, 4.69) is 20.6 Å². The predicted molar refractivity (Wildman–Crippen MR) is 90.1 cm³/mol. The molecule has 0 aliphatic heterocycles. The summed E-state index contributed by atoms with van der Waals surface area (Å²) in [6, 6.07) is 9.20. The first kappa shape index (κ1) is 17.4. The second-order valence-corrected chi connectivity index (χ2v) is 5.33. The molecule has 0 saturated carbocycles. The first-order valence-electron chi connectivity index (χ1n) is 7.58. The van der Waals surface area contributed by atoms with Gasteiger partial charge in [0.2, 0.25) is 5.95 Å². The van der Waals surface area contributed by atoms with Crippen LogP contribution in [0.1, 0.15) is 15.9 Å². The van der Waals surface area contributed by atoms with Gasteiger partial charge >= 0.3 is 0 Å². The molecule has 0 saturated heterocycles. The summed E-state index contributed by atoms with van der Waals surface area (Å²) in [5.74, 6) is -2.57. The van der Waals surface area contributed by atoms with Crippen LogP contribution in [0.2, 0.25) is 0 Å². The molecule has 0 radical (unpaired) electrons. The molecule has 0 atom stereocenters. The third kappa shape index (κ3) is 4.15. The van der Waals surface area contributed by atoms with Crippen molar-refractivity contribution in [2.24, 2.45) is 0 Å². The Bertz CT molecular complexity index is 894. The maximum absolute atomic E-state index is 13.6. The van der Waals surface area contributed by atoms with Gasteiger partial charge in [0, 0.05) is 18.9 Å².